The number of aliphatic hydroxyl groups is 1. The summed E-state index contributed by atoms with van der Waals surface area (Å²) < 4.78 is 0. The van der Waals surface area contributed by atoms with Gasteiger partial charge in [-0.2, -0.15) is 0 Å². The molecule has 2 rings (SSSR count). The van der Waals surface area contributed by atoms with Crippen molar-refractivity contribution in [2.45, 2.75) is 6.10 Å². The van der Waals surface area contributed by atoms with Gasteiger partial charge in [-0.25, -0.2) is 4.79 Å². The van der Waals surface area contributed by atoms with Gasteiger partial charge in [0.25, 0.3) is 0 Å². The fraction of sp³-hybridized carbons (Fsp3) is 0.0714. The summed E-state index contributed by atoms with van der Waals surface area (Å²) in [7, 11) is 0. The van der Waals surface area contributed by atoms with Crippen molar-refractivity contribution >= 4 is 52.4 Å². The van der Waals surface area contributed by atoms with Crippen LogP contribution in [0.3, 0.4) is 0 Å². The van der Waals surface area contributed by atoms with E-state index in [9.17, 15) is 9.90 Å². The first-order valence-corrected chi connectivity index (χ1v) is 7.17. The van der Waals surface area contributed by atoms with Crippen molar-refractivity contribution in [2.24, 2.45) is 0 Å². The summed E-state index contributed by atoms with van der Waals surface area (Å²) in [4.78, 5) is 10.8. The molecule has 0 fully saturated rings. The van der Waals surface area contributed by atoms with Crippen molar-refractivity contribution in [2.75, 3.05) is 0 Å². The summed E-state index contributed by atoms with van der Waals surface area (Å²) in [5, 5.41) is 19.5. The minimum atomic E-state index is -1.69. The molecule has 0 aliphatic heterocycles. The highest BCUT2D eigenvalue weighted by Crippen LogP contribution is 2.39. The minimum Gasteiger partial charge on any atom is -0.479 e. The molecule has 0 aromatic heterocycles. The number of benzene rings is 2. The van der Waals surface area contributed by atoms with Gasteiger partial charge in [0, 0.05) is 21.2 Å². The van der Waals surface area contributed by atoms with E-state index in [0.717, 1.165) is 0 Å². The zero-order chi connectivity index (χ0) is 15.7. The van der Waals surface area contributed by atoms with E-state index in [1.807, 2.05) is 0 Å². The molecular weight excluding hydrogens is 358 g/mol. The molecule has 1 atom stereocenters. The van der Waals surface area contributed by atoms with Crippen molar-refractivity contribution in [1.29, 1.82) is 0 Å². The second-order valence-electron chi connectivity index (χ2n) is 4.22. The molecule has 0 saturated heterocycles. The Morgan fingerprint density at radius 3 is 2.00 bits per heavy atom. The third-order valence-corrected chi connectivity index (χ3v) is 3.97. The molecule has 1 unspecified atom stereocenters. The highest BCUT2D eigenvalue weighted by atomic mass is 35.5. The van der Waals surface area contributed by atoms with Crippen LogP contribution in [0, 0.1) is 0 Å². The van der Waals surface area contributed by atoms with Gasteiger partial charge in [0.15, 0.2) is 6.10 Å². The van der Waals surface area contributed by atoms with Crippen LogP contribution in [-0.4, -0.2) is 16.2 Å². The number of hydrogen-bond donors (Lipinski definition) is 2. The molecule has 0 radical (unpaired) electrons. The van der Waals surface area contributed by atoms with Gasteiger partial charge in [0.1, 0.15) is 0 Å². The number of aliphatic carboxylic acids is 1. The zero-order valence-corrected chi connectivity index (χ0v) is 13.3. The number of carbonyl (C=O) groups is 1. The number of aliphatic hydroxyl groups excluding tert-OH is 1. The summed E-state index contributed by atoms with van der Waals surface area (Å²) in [6.45, 7) is 0. The normalized spacial score (nSPS) is 12.2. The zero-order valence-electron chi connectivity index (χ0n) is 10.3. The molecular formula is C14H8Cl4O3. The number of hydrogen-bond acceptors (Lipinski definition) is 2. The Morgan fingerprint density at radius 1 is 0.952 bits per heavy atom. The smallest absolute Gasteiger partial charge is 0.337 e. The van der Waals surface area contributed by atoms with Crippen LogP contribution in [0.1, 0.15) is 11.7 Å². The van der Waals surface area contributed by atoms with Crippen molar-refractivity contribution < 1.29 is 15.0 Å². The summed E-state index contributed by atoms with van der Waals surface area (Å²) >= 11 is 24.1. The Bertz CT molecular complexity index is 692. The van der Waals surface area contributed by atoms with Crippen LogP contribution in [0.15, 0.2) is 30.3 Å². The summed E-state index contributed by atoms with van der Waals surface area (Å²) in [5.74, 6) is -1.38. The summed E-state index contributed by atoms with van der Waals surface area (Å²) in [6, 6.07) is 7.56. The molecule has 3 nitrogen and oxygen atoms in total. The maximum Gasteiger partial charge on any atom is 0.337 e. The number of halogens is 4. The molecule has 0 spiro atoms. The van der Waals surface area contributed by atoms with Gasteiger partial charge in [-0.1, -0.05) is 58.5 Å². The Hall–Kier alpha value is -0.970. The van der Waals surface area contributed by atoms with E-state index in [1.54, 1.807) is 6.07 Å². The van der Waals surface area contributed by atoms with E-state index < -0.39 is 12.1 Å². The molecule has 2 aromatic rings. The lowest BCUT2D eigenvalue weighted by Crippen LogP contribution is -2.10. The highest BCUT2D eigenvalue weighted by molar-refractivity contribution is 6.42. The average Bonchev–Trinajstić information content (AvgIpc) is 2.36. The predicted molar refractivity (Wildman–Crippen MR) is 84.5 cm³/mol. The molecule has 21 heavy (non-hydrogen) atoms. The minimum absolute atomic E-state index is 0.0918. The first kappa shape index (κ1) is 16.4. The van der Waals surface area contributed by atoms with E-state index in [0.29, 0.717) is 26.2 Å². The molecule has 110 valence electrons. The van der Waals surface area contributed by atoms with Crippen LogP contribution in [0.5, 0.6) is 0 Å². The van der Waals surface area contributed by atoms with Crippen LogP contribution in [0.4, 0.5) is 0 Å². The maximum absolute atomic E-state index is 10.8. The Balaban J connectivity index is 2.53. The Kier molecular flexibility index (Phi) is 5.02. The van der Waals surface area contributed by atoms with Crippen molar-refractivity contribution in [3.63, 3.8) is 0 Å². The van der Waals surface area contributed by atoms with Crippen LogP contribution in [0.2, 0.25) is 20.1 Å². The van der Waals surface area contributed by atoms with Gasteiger partial charge in [0.05, 0.1) is 10.0 Å². The largest absolute Gasteiger partial charge is 0.479 e. The SMILES string of the molecule is O=C(O)C(O)c1ccc(-c2c(Cl)cc(Cl)cc2Cl)cc1Cl. The first-order chi connectivity index (χ1) is 9.81. The number of carboxylic acids is 1. The van der Waals surface area contributed by atoms with Crippen molar-refractivity contribution in [3.05, 3.63) is 56.0 Å². The van der Waals surface area contributed by atoms with Gasteiger partial charge in [-0.05, 0) is 23.8 Å². The third-order valence-electron chi connectivity index (χ3n) is 2.82. The third kappa shape index (κ3) is 3.44. The van der Waals surface area contributed by atoms with Gasteiger partial charge in [-0.15, -0.1) is 0 Å². The molecule has 2 N–H and O–H groups in total. The van der Waals surface area contributed by atoms with Gasteiger partial charge in [-0.3, -0.25) is 0 Å². The summed E-state index contributed by atoms with van der Waals surface area (Å²) in [5.41, 5.74) is 1.21. The lowest BCUT2D eigenvalue weighted by atomic mass is 10.0. The quantitative estimate of drug-likeness (QED) is 0.796. The highest BCUT2D eigenvalue weighted by Gasteiger charge is 2.20. The molecule has 0 aliphatic rings. The van der Waals surface area contributed by atoms with Gasteiger partial charge < -0.3 is 10.2 Å². The average molecular weight is 366 g/mol. The second kappa shape index (κ2) is 6.42. The van der Waals surface area contributed by atoms with Gasteiger partial charge >= 0.3 is 5.97 Å². The van der Waals surface area contributed by atoms with Crippen LogP contribution >= 0.6 is 46.4 Å². The molecule has 0 aliphatic carbocycles. The fourth-order valence-electron chi connectivity index (χ4n) is 1.86. The topological polar surface area (TPSA) is 57.5 Å². The van der Waals surface area contributed by atoms with E-state index in [-0.39, 0.29) is 10.6 Å². The molecule has 2 aromatic carbocycles. The fourth-order valence-corrected chi connectivity index (χ4v) is 3.17. The molecule has 7 heteroatoms. The Morgan fingerprint density at radius 2 is 1.52 bits per heavy atom. The maximum atomic E-state index is 10.8. The van der Waals surface area contributed by atoms with E-state index in [2.05, 4.69) is 0 Å². The van der Waals surface area contributed by atoms with Crippen LogP contribution in [0.25, 0.3) is 11.1 Å². The molecule has 0 bridgehead atoms. The summed E-state index contributed by atoms with van der Waals surface area (Å²) in [6.07, 6.45) is -1.69. The number of rotatable bonds is 3. The predicted octanol–water partition coefficient (Wildman–Crippen LogP) is 5.09. The van der Waals surface area contributed by atoms with Crippen LogP contribution in [-0.2, 0) is 4.79 Å². The molecule has 0 saturated carbocycles. The Labute approximate surface area is 140 Å². The standard InChI is InChI=1S/C14H8Cl4O3/c15-7-4-10(17)12(11(18)5-7)6-1-2-8(9(16)3-6)13(19)14(20)21/h1-5,13,19H,(H,20,21). The first-order valence-electron chi connectivity index (χ1n) is 5.66. The van der Waals surface area contributed by atoms with E-state index in [4.69, 9.17) is 51.5 Å². The molecule has 0 heterocycles. The van der Waals surface area contributed by atoms with E-state index in [1.165, 1.54) is 24.3 Å². The lowest BCUT2D eigenvalue weighted by Gasteiger charge is -2.12. The van der Waals surface area contributed by atoms with Crippen molar-refractivity contribution in [1.82, 2.24) is 0 Å². The van der Waals surface area contributed by atoms with Gasteiger partial charge in [0.2, 0.25) is 0 Å². The number of carboxylic acid groups (broad SMARTS) is 1. The van der Waals surface area contributed by atoms with E-state index >= 15 is 0 Å². The lowest BCUT2D eigenvalue weighted by molar-refractivity contribution is -0.146. The molecule has 0 amide bonds. The van der Waals surface area contributed by atoms with Crippen molar-refractivity contribution in [3.8, 4) is 11.1 Å². The second-order valence-corrected chi connectivity index (χ2v) is 5.88. The monoisotopic (exact) mass is 364 g/mol. The van der Waals surface area contributed by atoms with Crippen LogP contribution < -0.4 is 0 Å².